The molecule has 1 saturated heterocycles. The Morgan fingerprint density at radius 1 is 1.44 bits per heavy atom. The van der Waals surface area contributed by atoms with Gasteiger partial charge in [0.1, 0.15) is 11.9 Å². The van der Waals surface area contributed by atoms with Crippen molar-refractivity contribution in [2.24, 2.45) is 0 Å². The van der Waals surface area contributed by atoms with Crippen LogP contribution in [0.4, 0.5) is 14.9 Å². The second-order valence-corrected chi connectivity index (χ2v) is 6.43. The van der Waals surface area contributed by atoms with Gasteiger partial charge >= 0.3 is 6.03 Å². The number of anilines is 1. The van der Waals surface area contributed by atoms with Crippen molar-refractivity contribution >= 4 is 34.9 Å². The summed E-state index contributed by atoms with van der Waals surface area (Å²) < 4.78 is 24.5. The van der Waals surface area contributed by atoms with E-state index in [-0.39, 0.29) is 21.8 Å². The van der Waals surface area contributed by atoms with Gasteiger partial charge < -0.3 is 19.5 Å². The second-order valence-electron chi connectivity index (χ2n) is 5.62. The van der Waals surface area contributed by atoms with Gasteiger partial charge in [0.2, 0.25) is 5.89 Å². The number of nitrogens with zero attached hydrogens (tertiary/aromatic N) is 3. The minimum absolute atomic E-state index is 0.0667. The van der Waals surface area contributed by atoms with Gasteiger partial charge in [0, 0.05) is 20.1 Å². The summed E-state index contributed by atoms with van der Waals surface area (Å²) >= 11 is 11.6. The van der Waals surface area contributed by atoms with Gasteiger partial charge in [0.25, 0.3) is 0 Å². The van der Waals surface area contributed by atoms with Crippen molar-refractivity contribution in [1.29, 1.82) is 0 Å². The number of carbonyl (C=O) groups is 1. The third-order valence-electron chi connectivity index (χ3n) is 3.94. The first-order valence-electron chi connectivity index (χ1n) is 7.44. The number of likely N-dealkylation sites (tertiary alicyclic amines) is 1. The molecule has 0 unspecified atom stereocenters. The maximum absolute atomic E-state index is 14.0. The molecule has 1 aliphatic heterocycles. The van der Waals surface area contributed by atoms with Crippen molar-refractivity contribution in [3.05, 3.63) is 39.7 Å². The zero-order valence-corrected chi connectivity index (χ0v) is 14.9. The van der Waals surface area contributed by atoms with Crippen LogP contribution in [0.2, 0.25) is 10.0 Å². The van der Waals surface area contributed by atoms with E-state index in [9.17, 15) is 9.18 Å². The SMILES string of the molecule is CO[C@H]1C[C@H](c2nc(C)no2)N(C(=O)Nc2cc(Cl)c(Cl)cc2F)C1. The molecule has 0 bridgehead atoms. The Labute approximate surface area is 153 Å². The molecule has 25 heavy (non-hydrogen) atoms. The fourth-order valence-corrected chi connectivity index (χ4v) is 2.99. The molecule has 2 aromatic rings. The van der Waals surface area contributed by atoms with Crippen LogP contribution in [0.5, 0.6) is 0 Å². The highest BCUT2D eigenvalue weighted by Crippen LogP contribution is 2.34. The first-order valence-corrected chi connectivity index (χ1v) is 8.19. The van der Waals surface area contributed by atoms with Gasteiger partial charge in [-0.1, -0.05) is 28.4 Å². The summed E-state index contributed by atoms with van der Waals surface area (Å²) in [5.41, 5.74) is -0.0688. The number of amides is 2. The lowest BCUT2D eigenvalue weighted by atomic mass is 10.2. The van der Waals surface area contributed by atoms with E-state index in [0.717, 1.165) is 6.07 Å². The number of ether oxygens (including phenoxy) is 1. The molecule has 0 saturated carbocycles. The van der Waals surface area contributed by atoms with Crippen molar-refractivity contribution in [2.75, 3.05) is 19.0 Å². The molecule has 0 spiro atoms. The molecule has 134 valence electrons. The van der Waals surface area contributed by atoms with Crippen molar-refractivity contribution in [3.8, 4) is 0 Å². The van der Waals surface area contributed by atoms with Crippen LogP contribution >= 0.6 is 23.2 Å². The van der Waals surface area contributed by atoms with Gasteiger partial charge in [0.15, 0.2) is 5.82 Å². The second kappa shape index (κ2) is 7.15. The summed E-state index contributed by atoms with van der Waals surface area (Å²) in [7, 11) is 1.56. The maximum atomic E-state index is 14.0. The monoisotopic (exact) mass is 388 g/mol. The molecule has 10 heteroatoms. The predicted molar refractivity (Wildman–Crippen MR) is 89.3 cm³/mol. The van der Waals surface area contributed by atoms with Gasteiger partial charge in [-0.2, -0.15) is 4.98 Å². The molecule has 3 rings (SSSR count). The van der Waals surface area contributed by atoms with E-state index in [1.807, 2.05) is 0 Å². The summed E-state index contributed by atoms with van der Waals surface area (Å²) in [5, 5.41) is 6.45. The first kappa shape index (κ1) is 17.9. The third kappa shape index (κ3) is 3.70. The van der Waals surface area contributed by atoms with E-state index >= 15 is 0 Å². The smallest absolute Gasteiger partial charge is 0.322 e. The number of aromatic nitrogens is 2. The maximum Gasteiger partial charge on any atom is 0.322 e. The topological polar surface area (TPSA) is 80.5 Å². The number of urea groups is 1. The van der Waals surface area contributed by atoms with Crippen molar-refractivity contribution < 1.29 is 18.4 Å². The van der Waals surface area contributed by atoms with E-state index in [1.165, 1.54) is 11.0 Å². The van der Waals surface area contributed by atoms with E-state index < -0.39 is 17.9 Å². The van der Waals surface area contributed by atoms with Crippen LogP contribution in [0.3, 0.4) is 0 Å². The van der Waals surface area contributed by atoms with Crippen LogP contribution in [-0.2, 0) is 4.74 Å². The summed E-state index contributed by atoms with van der Waals surface area (Å²) in [6.45, 7) is 1.99. The number of aryl methyl sites for hydroxylation is 1. The fraction of sp³-hybridized carbons (Fsp3) is 0.400. The molecule has 1 N–H and O–H groups in total. The Hall–Kier alpha value is -1.90. The molecular weight excluding hydrogens is 374 g/mol. The molecule has 2 heterocycles. The number of hydrogen-bond acceptors (Lipinski definition) is 5. The highest BCUT2D eigenvalue weighted by atomic mass is 35.5. The molecular formula is C15H15Cl2FN4O3. The number of halogens is 3. The summed E-state index contributed by atoms with van der Waals surface area (Å²) in [6, 6.07) is 1.31. The number of methoxy groups -OCH3 is 1. The van der Waals surface area contributed by atoms with Crippen LogP contribution in [0.15, 0.2) is 16.7 Å². The minimum atomic E-state index is -0.685. The Bertz CT molecular complexity index is 801. The molecule has 2 atom stereocenters. The van der Waals surface area contributed by atoms with Gasteiger partial charge in [-0.15, -0.1) is 0 Å². The van der Waals surface area contributed by atoms with Crippen LogP contribution in [0.25, 0.3) is 0 Å². The molecule has 0 radical (unpaired) electrons. The van der Waals surface area contributed by atoms with E-state index in [4.69, 9.17) is 32.5 Å². The van der Waals surface area contributed by atoms with Crippen LogP contribution in [0.1, 0.15) is 24.2 Å². The number of nitrogens with one attached hydrogen (secondary N) is 1. The van der Waals surface area contributed by atoms with Gasteiger partial charge in [-0.3, -0.25) is 0 Å². The summed E-state index contributed by atoms with van der Waals surface area (Å²) in [6.07, 6.45) is 0.302. The summed E-state index contributed by atoms with van der Waals surface area (Å²) in [5.74, 6) is 0.0870. The quantitative estimate of drug-likeness (QED) is 0.808. The average molecular weight is 389 g/mol. The van der Waals surface area contributed by atoms with E-state index in [2.05, 4.69) is 15.5 Å². The lowest BCUT2D eigenvalue weighted by Crippen LogP contribution is -2.36. The standard InChI is InChI=1S/C15H15Cl2FN4O3/c1-7-19-14(25-21-7)13-3-8(24-2)6-22(13)15(23)20-12-5-10(17)9(16)4-11(12)18/h4-5,8,13H,3,6H2,1-2H3,(H,20,23)/t8-,13+/m0/s1. The van der Waals surface area contributed by atoms with Crippen molar-refractivity contribution in [1.82, 2.24) is 15.0 Å². The summed E-state index contributed by atoms with van der Waals surface area (Å²) in [4.78, 5) is 18.3. The first-order chi connectivity index (χ1) is 11.9. The van der Waals surface area contributed by atoms with Gasteiger partial charge in [0.05, 0.1) is 21.8 Å². The Morgan fingerprint density at radius 2 is 2.16 bits per heavy atom. The van der Waals surface area contributed by atoms with Crippen molar-refractivity contribution in [2.45, 2.75) is 25.5 Å². The van der Waals surface area contributed by atoms with Gasteiger partial charge in [-0.05, 0) is 19.1 Å². The molecule has 1 aliphatic rings. The lowest BCUT2D eigenvalue weighted by Gasteiger charge is -2.22. The fourth-order valence-electron chi connectivity index (χ4n) is 2.68. The Morgan fingerprint density at radius 3 is 2.80 bits per heavy atom. The number of benzene rings is 1. The molecule has 2 amide bonds. The van der Waals surface area contributed by atoms with Crippen LogP contribution in [0, 0.1) is 12.7 Å². The number of hydrogen-bond donors (Lipinski definition) is 1. The van der Waals surface area contributed by atoms with Gasteiger partial charge in [-0.25, -0.2) is 9.18 Å². The van der Waals surface area contributed by atoms with E-state index in [1.54, 1.807) is 14.0 Å². The third-order valence-corrected chi connectivity index (χ3v) is 4.66. The lowest BCUT2D eigenvalue weighted by molar-refractivity contribution is 0.111. The predicted octanol–water partition coefficient (Wildman–Crippen LogP) is 3.82. The average Bonchev–Trinajstić information content (AvgIpc) is 3.18. The molecule has 1 aromatic carbocycles. The Balaban J connectivity index is 1.83. The molecule has 1 fully saturated rings. The van der Waals surface area contributed by atoms with Crippen LogP contribution < -0.4 is 5.32 Å². The molecule has 1 aromatic heterocycles. The van der Waals surface area contributed by atoms with E-state index in [0.29, 0.717) is 24.7 Å². The minimum Gasteiger partial charge on any atom is -0.380 e. The number of carbonyl (C=O) groups excluding carboxylic acids is 1. The molecule has 0 aliphatic carbocycles. The highest BCUT2D eigenvalue weighted by Gasteiger charge is 2.39. The zero-order valence-electron chi connectivity index (χ0n) is 13.4. The zero-order chi connectivity index (χ0) is 18.1. The highest BCUT2D eigenvalue weighted by molar-refractivity contribution is 6.42. The largest absolute Gasteiger partial charge is 0.380 e. The normalized spacial score (nSPS) is 20.1. The molecule has 7 nitrogen and oxygen atoms in total. The van der Waals surface area contributed by atoms with Crippen LogP contribution in [-0.4, -0.2) is 40.8 Å². The van der Waals surface area contributed by atoms with Crippen molar-refractivity contribution in [3.63, 3.8) is 0 Å². The number of rotatable bonds is 3. The Kier molecular flexibility index (Phi) is 5.12.